The Morgan fingerprint density at radius 3 is 2.44 bits per heavy atom. The molecule has 0 aliphatic rings. The molecule has 0 spiro atoms. The monoisotopic (exact) mass is 242 g/mol. The van der Waals surface area contributed by atoms with Crippen molar-refractivity contribution in [3.63, 3.8) is 0 Å². The molecular formula is C13H22O2S. The van der Waals surface area contributed by atoms with Crippen molar-refractivity contribution in [1.82, 2.24) is 0 Å². The molecule has 1 rings (SSSR count). The van der Waals surface area contributed by atoms with Gasteiger partial charge in [0.2, 0.25) is 0 Å². The van der Waals surface area contributed by atoms with Gasteiger partial charge in [0.15, 0.2) is 0 Å². The molecule has 1 heterocycles. The van der Waals surface area contributed by atoms with Crippen LogP contribution in [0.25, 0.3) is 0 Å². The first kappa shape index (κ1) is 13.7. The molecular weight excluding hydrogens is 220 g/mol. The van der Waals surface area contributed by atoms with Gasteiger partial charge in [-0.3, -0.25) is 0 Å². The van der Waals surface area contributed by atoms with Crippen molar-refractivity contribution in [3.05, 3.63) is 21.9 Å². The zero-order valence-electron chi connectivity index (χ0n) is 10.6. The molecule has 1 unspecified atom stereocenters. The largest absolute Gasteiger partial charge is 0.387 e. The molecule has 0 bridgehead atoms. The molecule has 16 heavy (non-hydrogen) atoms. The predicted octanol–water partition coefficient (Wildman–Crippen LogP) is 2.89. The standard InChI is InChI=1S/C13H22O2S/c1-5-11-6-7-12(16-11)8-13(14,9-15-4)10(2)3/h6-7,10,14H,5,8-9H2,1-4H3. The molecule has 3 heteroatoms. The third-order valence-electron chi connectivity index (χ3n) is 3.02. The third kappa shape index (κ3) is 3.30. The van der Waals surface area contributed by atoms with Crippen molar-refractivity contribution in [3.8, 4) is 0 Å². The highest BCUT2D eigenvalue weighted by Gasteiger charge is 2.31. The Morgan fingerprint density at radius 2 is 2.00 bits per heavy atom. The third-order valence-corrected chi connectivity index (χ3v) is 4.24. The molecule has 0 fully saturated rings. The Labute approximate surface area is 102 Å². The second kappa shape index (κ2) is 5.80. The van der Waals surface area contributed by atoms with Gasteiger partial charge in [0, 0.05) is 23.3 Å². The van der Waals surface area contributed by atoms with Crippen molar-refractivity contribution in [2.75, 3.05) is 13.7 Å². The summed E-state index contributed by atoms with van der Waals surface area (Å²) in [6.45, 7) is 6.62. The normalized spacial score (nSPS) is 15.4. The van der Waals surface area contributed by atoms with E-state index in [4.69, 9.17) is 4.74 Å². The van der Waals surface area contributed by atoms with Gasteiger partial charge in [-0.05, 0) is 24.5 Å². The van der Waals surface area contributed by atoms with E-state index in [2.05, 4.69) is 19.1 Å². The van der Waals surface area contributed by atoms with Crippen molar-refractivity contribution in [2.24, 2.45) is 5.92 Å². The van der Waals surface area contributed by atoms with E-state index >= 15 is 0 Å². The number of hydrogen-bond donors (Lipinski definition) is 1. The summed E-state index contributed by atoms with van der Waals surface area (Å²) in [5, 5.41) is 10.5. The summed E-state index contributed by atoms with van der Waals surface area (Å²) in [4.78, 5) is 2.61. The topological polar surface area (TPSA) is 29.5 Å². The Bertz CT molecular complexity index is 319. The average Bonchev–Trinajstić information content (AvgIpc) is 2.65. The van der Waals surface area contributed by atoms with E-state index in [-0.39, 0.29) is 5.92 Å². The molecule has 0 radical (unpaired) electrons. The van der Waals surface area contributed by atoms with Crippen LogP contribution in [0, 0.1) is 5.92 Å². The molecule has 92 valence electrons. The number of thiophene rings is 1. The first-order chi connectivity index (χ1) is 7.51. The molecule has 0 amide bonds. The molecule has 2 nitrogen and oxygen atoms in total. The lowest BCUT2D eigenvalue weighted by molar-refractivity contribution is -0.0632. The minimum Gasteiger partial charge on any atom is -0.387 e. The Kier molecular flexibility index (Phi) is 4.96. The van der Waals surface area contributed by atoms with Crippen LogP contribution in [0.15, 0.2) is 12.1 Å². The van der Waals surface area contributed by atoms with E-state index in [1.165, 1.54) is 9.75 Å². The highest BCUT2D eigenvalue weighted by Crippen LogP contribution is 2.27. The zero-order chi connectivity index (χ0) is 12.2. The van der Waals surface area contributed by atoms with E-state index in [0.717, 1.165) is 6.42 Å². The second-order valence-corrected chi connectivity index (χ2v) is 5.84. The maximum Gasteiger partial charge on any atom is 0.0950 e. The maximum atomic E-state index is 10.5. The van der Waals surface area contributed by atoms with Crippen molar-refractivity contribution in [1.29, 1.82) is 0 Å². The number of rotatable bonds is 6. The lowest BCUT2D eigenvalue weighted by Gasteiger charge is -2.31. The van der Waals surface area contributed by atoms with Gasteiger partial charge in [-0.2, -0.15) is 0 Å². The van der Waals surface area contributed by atoms with E-state index in [1.54, 1.807) is 18.4 Å². The lowest BCUT2D eigenvalue weighted by atomic mass is 9.87. The van der Waals surface area contributed by atoms with Gasteiger partial charge < -0.3 is 9.84 Å². The smallest absolute Gasteiger partial charge is 0.0950 e. The van der Waals surface area contributed by atoms with Gasteiger partial charge in [0.05, 0.1) is 12.2 Å². The Morgan fingerprint density at radius 1 is 1.38 bits per heavy atom. The molecule has 1 aromatic heterocycles. The predicted molar refractivity (Wildman–Crippen MR) is 69.1 cm³/mol. The molecule has 1 N–H and O–H groups in total. The summed E-state index contributed by atoms with van der Waals surface area (Å²) in [6, 6.07) is 4.26. The highest BCUT2D eigenvalue weighted by molar-refractivity contribution is 7.12. The minimum absolute atomic E-state index is 0.194. The quantitative estimate of drug-likeness (QED) is 0.831. The molecule has 1 atom stereocenters. The zero-order valence-corrected chi connectivity index (χ0v) is 11.4. The Hall–Kier alpha value is -0.380. The molecule has 0 aliphatic heterocycles. The SMILES string of the molecule is CCc1ccc(CC(O)(COC)C(C)C)s1. The van der Waals surface area contributed by atoms with Crippen LogP contribution in [0.5, 0.6) is 0 Å². The van der Waals surface area contributed by atoms with Crippen LogP contribution >= 0.6 is 11.3 Å². The van der Waals surface area contributed by atoms with E-state index < -0.39 is 5.60 Å². The summed E-state index contributed by atoms with van der Waals surface area (Å²) in [7, 11) is 1.64. The summed E-state index contributed by atoms with van der Waals surface area (Å²) in [5.74, 6) is 0.194. The van der Waals surface area contributed by atoms with Crippen molar-refractivity contribution in [2.45, 2.75) is 39.2 Å². The van der Waals surface area contributed by atoms with Gasteiger partial charge in [-0.25, -0.2) is 0 Å². The van der Waals surface area contributed by atoms with Crippen LogP contribution in [0.3, 0.4) is 0 Å². The highest BCUT2D eigenvalue weighted by atomic mass is 32.1. The average molecular weight is 242 g/mol. The summed E-state index contributed by atoms with van der Waals surface area (Å²) in [5.41, 5.74) is -0.745. The molecule has 0 saturated carbocycles. The molecule has 1 aromatic rings. The van der Waals surface area contributed by atoms with Crippen LogP contribution < -0.4 is 0 Å². The number of ether oxygens (including phenoxy) is 1. The van der Waals surface area contributed by atoms with Gasteiger partial charge >= 0.3 is 0 Å². The first-order valence-corrected chi connectivity index (χ1v) is 6.62. The molecule has 0 aliphatic carbocycles. The number of methoxy groups -OCH3 is 1. The van der Waals surface area contributed by atoms with Crippen LogP contribution in [-0.4, -0.2) is 24.4 Å². The molecule has 0 aromatic carbocycles. The fraction of sp³-hybridized carbons (Fsp3) is 0.692. The van der Waals surface area contributed by atoms with Crippen LogP contribution in [0.2, 0.25) is 0 Å². The Balaban J connectivity index is 2.75. The van der Waals surface area contributed by atoms with Crippen LogP contribution in [0.1, 0.15) is 30.5 Å². The van der Waals surface area contributed by atoms with Gasteiger partial charge in [0.25, 0.3) is 0 Å². The van der Waals surface area contributed by atoms with Crippen LogP contribution in [0.4, 0.5) is 0 Å². The van der Waals surface area contributed by atoms with Gasteiger partial charge in [0.1, 0.15) is 0 Å². The second-order valence-electron chi connectivity index (χ2n) is 4.59. The first-order valence-electron chi connectivity index (χ1n) is 5.80. The lowest BCUT2D eigenvalue weighted by Crippen LogP contribution is -2.41. The van der Waals surface area contributed by atoms with E-state index in [1.807, 2.05) is 13.8 Å². The number of hydrogen-bond acceptors (Lipinski definition) is 3. The van der Waals surface area contributed by atoms with Crippen molar-refractivity contribution < 1.29 is 9.84 Å². The van der Waals surface area contributed by atoms with E-state index in [0.29, 0.717) is 13.0 Å². The van der Waals surface area contributed by atoms with Gasteiger partial charge in [-0.1, -0.05) is 20.8 Å². The maximum absolute atomic E-state index is 10.5. The molecule has 0 saturated heterocycles. The van der Waals surface area contributed by atoms with Crippen LogP contribution in [-0.2, 0) is 17.6 Å². The van der Waals surface area contributed by atoms with Gasteiger partial charge in [-0.15, -0.1) is 11.3 Å². The summed E-state index contributed by atoms with van der Waals surface area (Å²) in [6.07, 6.45) is 1.75. The fourth-order valence-electron chi connectivity index (χ4n) is 1.68. The van der Waals surface area contributed by atoms with E-state index in [9.17, 15) is 5.11 Å². The summed E-state index contributed by atoms with van der Waals surface area (Å²) >= 11 is 1.79. The minimum atomic E-state index is -0.745. The number of aliphatic hydroxyl groups is 1. The number of aryl methyl sites for hydroxylation is 1. The van der Waals surface area contributed by atoms with Crippen molar-refractivity contribution >= 4 is 11.3 Å². The fourth-order valence-corrected chi connectivity index (χ4v) is 2.76. The summed E-state index contributed by atoms with van der Waals surface area (Å²) < 4.78 is 5.13.